The van der Waals surface area contributed by atoms with E-state index in [0.29, 0.717) is 5.92 Å². The number of thioether (sulfide) groups is 1. The fraction of sp³-hybridized carbons (Fsp3) is 0.562. The van der Waals surface area contributed by atoms with Crippen LogP contribution < -0.4 is 15.8 Å². The average molecular weight is 308 g/mol. The van der Waals surface area contributed by atoms with Gasteiger partial charge in [0.15, 0.2) is 0 Å². The van der Waals surface area contributed by atoms with Gasteiger partial charge in [-0.3, -0.25) is 4.79 Å². The Hall–Kier alpha value is -1.20. The molecule has 0 heterocycles. The summed E-state index contributed by atoms with van der Waals surface area (Å²) in [5.74, 6) is 1.98. The van der Waals surface area contributed by atoms with Gasteiger partial charge in [0.1, 0.15) is 11.3 Å². The molecule has 0 radical (unpaired) electrons. The van der Waals surface area contributed by atoms with E-state index in [1.807, 2.05) is 25.2 Å². The second-order valence-corrected chi connectivity index (χ2v) is 6.66. The summed E-state index contributed by atoms with van der Waals surface area (Å²) in [6.45, 7) is 0. The molecule has 0 bridgehead atoms. The second kappa shape index (κ2) is 7.18. The maximum Gasteiger partial charge on any atom is 0.238 e. The monoisotopic (exact) mass is 308 g/mol. The fourth-order valence-electron chi connectivity index (χ4n) is 3.26. The number of hydrogen-bond acceptors (Lipinski definition) is 4. The van der Waals surface area contributed by atoms with E-state index < -0.39 is 5.54 Å². The highest BCUT2D eigenvalue weighted by molar-refractivity contribution is 7.99. The van der Waals surface area contributed by atoms with Crippen LogP contribution in [0.2, 0.25) is 0 Å². The minimum Gasteiger partial charge on any atom is -0.497 e. The number of rotatable bonds is 7. The van der Waals surface area contributed by atoms with Gasteiger partial charge in [-0.2, -0.15) is 0 Å². The Balaban J connectivity index is 1.92. The topological polar surface area (TPSA) is 64.3 Å². The van der Waals surface area contributed by atoms with Crippen molar-refractivity contribution in [2.24, 2.45) is 11.7 Å². The Morgan fingerprint density at radius 3 is 3.05 bits per heavy atom. The van der Waals surface area contributed by atoms with Crippen molar-refractivity contribution >= 4 is 17.7 Å². The van der Waals surface area contributed by atoms with E-state index in [2.05, 4.69) is 11.4 Å². The van der Waals surface area contributed by atoms with Crippen molar-refractivity contribution in [2.45, 2.75) is 36.1 Å². The number of nitrogens with two attached hydrogens (primary N) is 1. The molecule has 2 rings (SSSR count). The third kappa shape index (κ3) is 3.52. The molecule has 1 saturated carbocycles. The molecule has 116 valence electrons. The van der Waals surface area contributed by atoms with Crippen LogP contribution in [0.1, 0.15) is 25.7 Å². The SMILES string of the molecule is CNC1(C(N)=O)CCCC1CCSc1cccc(OC)c1. The minimum atomic E-state index is -0.505. The number of carbonyl (C=O) groups is 1. The van der Waals surface area contributed by atoms with Crippen LogP contribution in [0.15, 0.2) is 29.2 Å². The summed E-state index contributed by atoms with van der Waals surface area (Å²) in [6.07, 6.45) is 3.99. The lowest BCUT2D eigenvalue weighted by molar-refractivity contribution is -0.125. The molecule has 2 unspecified atom stereocenters. The molecule has 1 amide bonds. The minimum absolute atomic E-state index is 0.209. The molecule has 21 heavy (non-hydrogen) atoms. The van der Waals surface area contributed by atoms with Gasteiger partial charge in [0.05, 0.1) is 7.11 Å². The highest BCUT2D eigenvalue weighted by atomic mass is 32.2. The summed E-state index contributed by atoms with van der Waals surface area (Å²) in [5.41, 5.74) is 5.12. The van der Waals surface area contributed by atoms with Crippen molar-refractivity contribution in [1.29, 1.82) is 0 Å². The van der Waals surface area contributed by atoms with Crippen LogP contribution in [0.4, 0.5) is 0 Å². The van der Waals surface area contributed by atoms with Crippen molar-refractivity contribution in [3.63, 3.8) is 0 Å². The van der Waals surface area contributed by atoms with Crippen LogP contribution in [0.5, 0.6) is 5.75 Å². The smallest absolute Gasteiger partial charge is 0.238 e. The molecule has 0 saturated heterocycles. The maximum absolute atomic E-state index is 11.8. The fourth-order valence-corrected chi connectivity index (χ4v) is 4.27. The van der Waals surface area contributed by atoms with Gasteiger partial charge in [0.25, 0.3) is 0 Å². The molecule has 1 fully saturated rings. The molecule has 1 aromatic rings. The average Bonchev–Trinajstić information content (AvgIpc) is 2.92. The lowest BCUT2D eigenvalue weighted by Gasteiger charge is -2.32. The molecule has 5 heteroatoms. The van der Waals surface area contributed by atoms with Crippen molar-refractivity contribution in [3.05, 3.63) is 24.3 Å². The first-order chi connectivity index (χ1) is 10.1. The van der Waals surface area contributed by atoms with E-state index in [9.17, 15) is 4.79 Å². The van der Waals surface area contributed by atoms with E-state index in [1.54, 1.807) is 18.9 Å². The van der Waals surface area contributed by atoms with E-state index >= 15 is 0 Å². The number of methoxy groups -OCH3 is 1. The molecule has 3 N–H and O–H groups in total. The van der Waals surface area contributed by atoms with Crippen LogP contribution in [0.3, 0.4) is 0 Å². The lowest BCUT2D eigenvalue weighted by atomic mass is 9.84. The maximum atomic E-state index is 11.8. The van der Waals surface area contributed by atoms with E-state index in [0.717, 1.165) is 37.2 Å². The van der Waals surface area contributed by atoms with Gasteiger partial charge in [0.2, 0.25) is 5.91 Å². The van der Waals surface area contributed by atoms with Crippen LogP contribution in [-0.2, 0) is 4.79 Å². The van der Waals surface area contributed by atoms with Gasteiger partial charge < -0.3 is 15.8 Å². The zero-order valence-corrected chi connectivity index (χ0v) is 13.5. The number of primary amides is 1. The summed E-state index contributed by atoms with van der Waals surface area (Å²) >= 11 is 1.80. The number of likely N-dealkylation sites (N-methyl/N-ethyl adjacent to an activating group) is 1. The van der Waals surface area contributed by atoms with Crippen LogP contribution in [-0.4, -0.2) is 31.4 Å². The zero-order chi connectivity index (χ0) is 15.3. The Morgan fingerprint density at radius 1 is 1.57 bits per heavy atom. The normalized spacial score (nSPS) is 25.0. The molecule has 1 aliphatic rings. The Morgan fingerprint density at radius 2 is 2.38 bits per heavy atom. The van der Waals surface area contributed by atoms with Gasteiger partial charge in [-0.25, -0.2) is 0 Å². The summed E-state index contributed by atoms with van der Waals surface area (Å²) in [4.78, 5) is 13.0. The van der Waals surface area contributed by atoms with E-state index in [4.69, 9.17) is 10.5 Å². The van der Waals surface area contributed by atoms with E-state index in [1.165, 1.54) is 4.90 Å². The molecule has 2 atom stereocenters. The van der Waals surface area contributed by atoms with Crippen LogP contribution >= 0.6 is 11.8 Å². The first kappa shape index (κ1) is 16.2. The highest BCUT2D eigenvalue weighted by Crippen LogP contribution is 2.39. The number of ether oxygens (including phenoxy) is 1. The van der Waals surface area contributed by atoms with Crippen molar-refractivity contribution < 1.29 is 9.53 Å². The standard InChI is InChI=1S/C16H24N2O2S/c1-18-16(15(17)19)9-4-5-12(16)8-10-21-14-7-3-6-13(11-14)20-2/h3,6-7,11-12,18H,4-5,8-10H2,1-2H3,(H2,17,19). The summed E-state index contributed by atoms with van der Waals surface area (Å²) in [7, 11) is 3.52. The number of hydrogen-bond donors (Lipinski definition) is 2. The van der Waals surface area contributed by atoms with Crippen LogP contribution in [0, 0.1) is 5.92 Å². The Labute approximate surface area is 130 Å². The van der Waals surface area contributed by atoms with Gasteiger partial charge in [0, 0.05) is 4.90 Å². The number of benzene rings is 1. The molecule has 0 spiro atoms. The number of nitrogens with one attached hydrogen (secondary N) is 1. The van der Waals surface area contributed by atoms with Crippen LogP contribution in [0.25, 0.3) is 0 Å². The Kier molecular flexibility index (Phi) is 5.53. The molecule has 0 aliphatic heterocycles. The zero-order valence-electron chi connectivity index (χ0n) is 12.7. The third-order valence-corrected chi connectivity index (χ3v) is 5.51. The quantitative estimate of drug-likeness (QED) is 0.759. The Bertz CT molecular complexity index is 495. The molecule has 1 aliphatic carbocycles. The molecule has 1 aromatic carbocycles. The van der Waals surface area contributed by atoms with Crippen molar-refractivity contribution in [1.82, 2.24) is 5.32 Å². The second-order valence-electron chi connectivity index (χ2n) is 5.49. The first-order valence-corrected chi connectivity index (χ1v) is 8.36. The summed E-state index contributed by atoms with van der Waals surface area (Å²) in [5, 5.41) is 3.19. The van der Waals surface area contributed by atoms with Gasteiger partial charge in [-0.1, -0.05) is 12.5 Å². The summed E-state index contributed by atoms with van der Waals surface area (Å²) < 4.78 is 5.23. The van der Waals surface area contributed by atoms with Gasteiger partial charge in [-0.05, 0) is 56.2 Å². The largest absolute Gasteiger partial charge is 0.497 e. The van der Waals surface area contributed by atoms with E-state index in [-0.39, 0.29) is 5.91 Å². The van der Waals surface area contributed by atoms with Gasteiger partial charge in [-0.15, -0.1) is 11.8 Å². The van der Waals surface area contributed by atoms with Crippen molar-refractivity contribution in [2.75, 3.05) is 19.9 Å². The molecular weight excluding hydrogens is 284 g/mol. The molecular formula is C16H24N2O2S. The highest BCUT2D eigenvalue weighted by Gasteiger charge is 2.45. The predicted molar refractivity (Wildman–Crippen MR) is 86.7 cm³/mol. The lowest BCUT2D eigenvalue weighted by Crippen LogP contribution is -2.56. The predicted octanol–water partition coefficient (Wildman–Crippen LogP) is 2.42. The third-order valence-electron chi connectivity index (χ3n) is 4.48. The molecule has 0 aromatic heterocycles. The van der Waals surface area contributed by atoms with Crippen molar-refractivity contribution in [3.8, 4) is 5.75 Å². The number of amides is 1. The first-order valence-electron chi connectivity index (χ1n) is 7.38. The van der Waals surface area contributed by atoms with Gasteiger partial charge >= 0.3 is 0 Å². The summed E-state index contributed by atoms with van der Waals surface area (Å²) in [6, 6.07) is 8.07. The number of carbonyl (C=O) groups excluding carboxylic acids is 1. The molecule has 4 nitrogen and oxygen atoms in total.